The lowest BCUT2D eigenvalue weighted by molar-refractivity contribution is 0.0206. The van der Waals surface area contributed by atoms with Crippen molar-refractivity contribution in [3.8, 4) is 0 Å². The third-order valence-corrected chi connectivity index (χ3v) is 4.64. The quantitative estimate of drug-likeness (QED) is 0.378. The molecule has 0 aliphatic rings. The summed E-state index contributed by atoms with van der Waals surface area (Å²) >= 11 is 0. The number of unbranched alkanes of at least 4 members (excludes halogenated alkanes) is 5. The molecule has 0 N–H and O–H groups in total. The molecule has 0 amide bonds. The molecule has 5 nitrogen and oxygen atoms in total. The Kier molecular flexibility index (Phi) is 10.6. The summed E-state index contributed by atoms with van der Waals surface area (Å²) in [5.41, 5.74) is 0.274. The molecule has 0 fully saturated rings. The molecular weight excluding hydrogens is 330 g/mol. The highest BCUT2D eigenvalue weighted by molar-refractivity contribution is 5.91. The molecule has 1 heterocycles. The molecule has 0 spiro atoms. The van der Waals surface area contributed by atoms with Crippen LogP contribution in [0.1, 0.15) is 93.6 Å². The maximum absolute atomic E-state index is 12.2. The van der Waals surface area contributed by atoms with Crippen LogP contribution in [0.15, 0.2) is 18.2 Å². The number of rotatable bonds is 12. The Labute approximate surface area is 157 Å². The second-order valence-corrected chi connectivity index (χ2v) is 6.81. The molecule has 0 saturated carbocycles. The molecular formula is C21H33NO4. The van der Waals surface area contributed by atoms with Gasteiger partial charge in [-0.05, 0) is 31.4 Å². The second kappa shape index (κ2) is 12.4. The minimum absolute atomic E-state index is 0.133. The largest absolute Gasteiger partial charge is 0.461 e. The average molecular weight is 363 g/mol. The molecule has 1 rings (SSSR count). The first-order chi connectivity index (χ1) is 12.5. The van der Waals surface area contributed by atoms with E-state index in [0.717, 1.165) is 19.3 Å². The Morgan fingerprint density at radius 1 is 0.962 bits per heavy atom. The second-order valence-electron chi connectivity index (χ2n) is 6.81. The monoisotopic (exact) mass is 363 g/mol. The van der Waals surface area contributed by atoms with E-state index < -0.39 is 11.9 Å². The van der Waals surface area contributed by atoms with Gasteiger partial charge in [0.15, 0.2) is 0 Å². The molecule has 0 aliphatic carbocycles. The lowest BCUT2D eigenvalue weighted by atomic mass is 10.0. The van der Waals surface area contributed by atoms with Gasteiger partial charge in [-0.1, -0.05) is 65.4 Å². The van der Waals surface area contributed by atoms with E-state index in [-0.39, 0.29) is 23.4 Å². The molecule has 0 bridgehead atoms. The number of ether oxygens (including phenoxy) is 2. The average Bonchev–Trinajstić information content (AvgIpc) is 2.66. The summed E-state index contributed by atoms with van der Waals surface area (Å²) in [6.45, 7) is 8.51. The Hall–Kier alpha value is -1.91. The lowest BCUT2D eigenvalue weighted by Gasteiger charge is -2.18. The van der Waals surface area contributed by atoms with Crippen molar-refractivity contribution < 1.29 is 19.1 Å². The molecule has 0 aliphatic heterocycles. The van der Waals surface area contributed by atoms with Crippen LogP contribution in [-0.4, -0.2) is 29.6 Å². The first-order valence-electron chi connectivity index (χ1n) is 9.84. The summed E-state index contributed by atoms with van der Waals surface area (Å²) in [7, 11) is 0. The van der Waals surface area contributed by atoms with Gasteiger partial charge in [0.1, 0.15) is 17.5 Å². The zero-order valence-electron chi connectivity index (χ0n) is 16.6. The van der Waals surface area contributed by atoms with Crippen molar-refractivity contribution in [2.75, 3.05) is 6.61 Å². The molecule has 2 atom stereocenters. The number of esters is 2. The van der Waals surface area contributed by atoms with Crippen LogP contribution in [-0.2, 0) is 9.47 Å². The number of hydrogen-bond acceptors (Lipinski definition) is 5. The van der Waals surface area contributed by atoms with E-state index in [0.29, 0.717) is 6.61 Å². The van der Waals surface area contributed by atoms with Gasteiger partial charge < -0.3 is 9.47 Å². The highest BCUT2D eigenvalue weighted by atomic mass is 16.5. The lowest BCUT2D eigenvalue weighted by Crippen LogP contribution is -2.22. The fraction of sp³-hybridized carbons (Fsp3) is 0.667. The molecule has 1 aromatic heterocycles. The predicted octanol–water partition coefficient (Wildman–Crippen LogP) is 5.19. The van der Waals surface area contributed by atoms with Gasteiger partial charge in [-0.15, -0.1) is 0 Å². The van der Waals surface area contributed by atoms with Gasteiger partial charge in [-0.2, -0.15) is 0 Å². The van der Waals surface area contributed by atoms with Crippen molar-refractivity contribution in [3.05, 3.63) is 29.6 Å². The number of pyridine rings is 1. The van der Waals surface area contributed by atoms with E-state index >= 15 is 0 Å². The molecule has 0 aromatic carbocycles. The molecule has 1 aromatic rings. The molecule has 146 valence electrons. The van der Waals surface area contributed by atoms with E-state index in [4.69, 9.17) is 9.47 Å². The number of hydrogen-bond donors (Lipinski definition) is 0. The highest BCUT2D eigenvalue weighted by Crippen LogP contribution is 2.13. The van der Waals surface area contributed by atoms with Gasteiger partial charge in [0.25, 0.3) is 0 Å². The summed E-state index contributed by atoms with van der Waals surface area (Å²) in [6, 6.07) is 4.73. The normalized spacial score (nSPS) is 13.1. The zero-order valence-corrected chi connectivity index (χ0v) is 16.6. The van der Waals surface area contributed by atoms with Crippen LogP contribution in [0.25, 0.3) is 0 Å². The molecule has 26 heavy (non-hydrogen) atoms. The van der Waals surface area contributed by atoms with Gasteiger partial charge in [0.05, 0.1) is 6.61 Å². The standard InChI is InChI=1S/C21H33NO4/c1-5-7-8-9-10-11-15-25-20(23)18-13-12-14-19(22-18)21(24)26-17(4)16(3)6-2/h12-14,16-17H,5-11,15H2,1-4H3. The van der Waals surface area contributed by atoms with Gasteiger partial charge in [0, 0.05) is 0 Å². The third kappa shape index (κ3) is 7.98. The Bertz CT molecular complexity index is 559. The van der Waals surface area contributed by atoms with Crippen LogP contribution >= 0.6 is 0 Å². The smallest absolute Gasteiger partial charge is 0.357 e. The van der Waals surface area contributed by atoms with E-state index in [2.05, 4.69) is 11.9 Å². The van der Waals surface area contributed by atoms with Crippen molar-refractivity contribution in [2.24, 2.45) is 5.92 Å². The van der Waals surface area contributed by atoms with Crippen molar-refractivity contribution in [3.63, 3.8) is 0 Å². The zero-order chi connectivity index (χ0) is 19.4. The molecule has 5 heteroatoms. The summed E-state index contributed by atoms with van der Waals surface area (Å²) in [5, 5.41) is 0. The fourth-order valence-electron chi connectivity index (χ4n) is 2.46. The van der Waals surface area contributed by atoms with E-state index in [1.165, 1.54) is 25.7 Å². The SMILES string of the molecule is CCCCCCCCOC(=O)c1cccc(C(=O)OC(C)C(C)CC)n1. The Balaban J connectivity index is 2.47. The third-order valence-electron chi connectivity index (χ3n) is 4.64. The maximum Gasteiger partial charge on any atom is 0.357 e. The minimum atomic E-state index is -0.511. The van der Waals surface area contributed by atoms with Crippen LogP contribution in [0, 0.1) is 5.92 Å². The van der Waals surface area contributed by atoms with Gasteiger partial charge in [0.2, 0.25) is 0 Å². The number of carbonyl (C=O) groups excluding carboxylic acids is 2. The number of aromatic nitrogens is 1. The van der Waals surface area contributed by atoms with Crippen LogP contribution in [0.3, 0.4) is 0 Å². The molecule has 0 radical (unpaired) electrons. The highest BCUT2D eigenvalue weighted by Gasteiger charge is 2.19. The molecule has 2 unspecified atom stereocenters. The van der Waals surface area contributed by atoms with E-state index in [1.54, 1.807) is 18.2 Å². The van der Waals surface area contributed by atoms with Gasteiger partial charge >= 0.3 is 11.9 Å². The number of nitrogens with zero attached hydrogens (tertiary/aromatic N) is 1. The van der Waals surface area contributed by atoms with Crippen molar-refractivity contribution >= 4 is 11.9 Å². The van der Waals surface area contributed by atoms with E-state index in [9.17, 15) is 9.59 Å². The summed E-state index contributed by atoms with van der Waals surface area (Å²) in [4.78, 5) is 28.4. The van der Waals surface area contributed by atoms with Gasteiger partial charge in [-0.25, -0.2) is 14.6 Å². The van der Waals surface area contributed by atoms with E-state index in [1.807, 2.05) is 20.8 Å². The maximum atomic E-state index is 12.2. The van der Waals surface area contributed by atoms with Crippen molar-refractivity contribution in [1.29, 1.82) is 0 Å². The Morgan fingerprint density at radius 2 is 1.58 bits per heavy atom. The van der Waals surface area contributed by atoms with Crippen LogP contribution in [0.2, 0.25) is 0 Å². The van der Waals surface area contributed by atoms with Crippen LogP contribution in [0.5, 0.6) is 0 Å². The van der Waals surface area contributed by atoms with Crippen molar-refractivity contribution in [2.45, 2.75) is 78.7 Å². The summed E-state index contributed by atoms with van der Waals surface area (Å²) < 4.78 is 10.7. The fourth-order valence-corrected chi connectivity index (χ4v) is 2.46. The van der Waals surface area contributed by atoms with Crippen LogP contribution in [0.4, 0.5) is 0 Å². The Morgan fingerprint density at radius 3 is 2.23 bits per heavy atom. The predicted molar refractivity (Wildman–Crippen MR) is 102 cm³/mol. The number of carbonyl (C=O) groups is 2. The first kappa shape index (κ1) is 22.1. The summed E-state index contributed by atoms with van der Waals surface area (Å²) in [6.07, 6.45) is 7.50. The minimum Gasteiger partial charge on any atom is -0.461 e. The topological polar surface area (TPSA) is 65.5 Å². The molecule has 0 saturated heterocycles. The van der Waals surface area contributed by atoms with Crippen molar-refractivity contribution in [1.82, 2.24) is 4.98 Å². The van der Waals surface area contributed by atoms with Gasteiger partial charge in [-0.3, -0.25) is 0 Å². The first-order valence-corrected chi connectivity index (χ1v) is 9.84. The van der Waals surface area contributed by atoms with Crippen LogP contribution < -0.4 is 0 Å². The summed E-state index contributed by atoms with van der Waals surface area (Å²) in [5.74, 6) is -0.740.